The topological polar surface area (TPSA) is 63.6 Å². The molecule has 28 heavy (non-hydrogen) atoms. The first-order valence-corrected chi connectivity index (χ1v) is 8.54. The molecular formula is C20H15F3N4O. The van der Waals surface area contributed by atoms with Gasteiger partial charge in [0.1, 0.15) is 5.69 Å². The van der Waals surface area contributed by atoms with E-state index in [0.29, 0.717) is 16.8 Å². The molecule has 8 heteroatoms. The second-order valence-corrected chi connectivity index (χ2v) is 6.46. The maximum Gasteiger partial charge on any atom is 0.416 e. The van der Waals surface area contributed by atoms with Crippen LogP contribution in [-0.2, 0) is 19.1 Å². The number of benzene rings is 2. The largest absolute Gasteiger partial charge is 0.416 e. The number of fused-ring (bicyclic) bond motifs is 1. The molecule has 2 aromatic carbocycles. The number of H-pyrrole nitrogens is 1. The Morgan fingerprint density at radius 1 is 1.07 bits per heavy atom. The van der Waals surface area contributed by atoms with E-state index in [1.54, 1.807) is 18.5 Å². The van der Waals surface area contributed by atoms with Crippen LogP contribution in [0.3, 0.4) is 0 Å². The van der Waals surface area contributed by atoms with Gasteiger partial charge < -0.3 is 0 Å². The van der Waals surface area contributed by atoms with Gasteiger partial charge in [-0.15, -0.1) is 0 Å². The monoisotopic (exact) mass is 384 g/mol. The highest BCUT2D eigenvalue weighted by molar-refractivity contribution is 6.06. The number of nitrogens with zero attached hydrogens (tertiary/aromatic N) is 3. The predicted molar refractivity (Wildman–Crippen MR) is 96.9 cm³/mol. The fourth-order valence-electron chi connectivity index (χ4n) is 3.06. The van der Waals surface area contributed by atoms with Gasteiger partial charge in [0.15, 0.2) is 5.78 Å². The molecule has 0 aliphatic carbocycles. The zero-order chi connectivity index (χ0) is 19.7. The lowest BCUT2D eigenvalue weighted by atomic mass is 10.1. The Labute approximate surface area is 157 Å². The lowest BCUT2D eigenvalue weighted by Gasteiger charge is -2.08. The number of para-hydroxylation sites is 1. The number of hydrogen-bond donors (Lipinski definition) is 1. The summed E-state index contributed by atoms with van der Waals surface area (Å²) in [4.78, 5) is 12.6. The average Bonchev–Trinajstić information content (AvgIpc) is 3.28. The van der Waals surface area contributed by atoms with E-state index < -0.39 is 11.7 Å². The standard InChI is InChI=1S/C20H15F3N4O/c21-20(22,23)15-5-3-4-13(8-15)11-27-12-14(10-24-27)9-18(28)19-16-6-1-2-7-17(16)25-26-19/h1-8,10,12H,9,11H2,(H,25,26). The van der Waals surface area contributed by atoms with Crippen molar-refractivity contribution in [2.24, 2.45) is 0 Å². The van der Waals surface area contributed by atoms with E-state index in [1.165, 1.54) is 10.7 Å². The third-order valence-electron chi connectivity index (χ3n) is 4.38. The van der Waals surface area contributed by atoms with Gasteiger partial charge in [0.05, 0.1) is 23.8 Å². The summed E-state index contributed by atoms with van der Waals surface area (Å²) in [5.41, 5.74) is 1.60. The fourth-order valence-corrected chi connectivity index (χ4v) is 3.06. The van der Waals surface area contributed by atoms with Gasteiger partial charge in [0.2, 0.25) is 0 Å². The second kappa shape index (κ2) is 6.95. The molecule has 0 radical (unpaired) electrons. The molecule has 0 fully saturated rings. The molecule has 0 saturated heterocycles. The van der Waals surface area contributed by atoms with Crippen LogP contribution in [0.2, 0.25) is 0 Å². The Balaban J connectivity index is 1.48. The van der Waals surface area contributed by atoms with Crippen molar-refractivity contribution in [1.29, 1.82) is 0 Å². The Bertz CT molecular complexity index is 1140. The highest BCUT2D eigenvalue weighted by Crippen LogP contribution is 2.29. The first kappa shape index (κ1) is 18.0. The molecule has 0 aliphatic rings. The van der Waals surface area contributed by atoms with Crippen molar-refractivity contribution in [3.63, 3.8) is 0 Å². The predicted octanol–water partition coefficient (Wildman–Crippen LogP) is 4.25. The summed E-state index contributed by atoms with van der Waals surface area (Å²) in [5.74, 6) is -0.156. The van der Waals surface area contributed by atoms with Gasteiger partial charge in [-0.25, -0.2) is 0 Å². The summed E-state index contributed by atoms with van der Waals surface area (Å²) in [5, 5.41) is 11.8. The summed E-state index contributed by atoms with van der Waals surface area (Å²) in [7, 11) is 0. The molecule has 0 unspecified atom stereocenters. The first-order valence-electron chi connectivity index (χ1n) is 8.54. The number of aromatic amines is 1. The highest BCUT2D eigenvalue weighted by Gasteiger charge is 2.30. The number of carbonyl (C=O) groups excluding carboxylic acids is 1. The first-order chi connectivity index (χ1) is 13.4. The van der Waals surface area contributed by atoms with Gasteiger partial charge in [-0.2, -0.15) is 23.4 Å². The van der Waals surface area contributed by atoms with Crippen LogP contribution < -0.4 is 0 Å². The normalized spacial score (nSPS) is 11.8. The maximum atomic E-state index is 12.8. The number of ketones is 1. The average molecular weight is 384 g/mol. The summed E-state index contributed by atoms with van der Waals surface area (Å²) in [6.07, 6.45) is -1.07. The number of halogens is 3. The summed E-state index contributed by atoms with van der Waals surface area (Å²) in [6.45, 7) is 0.184. The van der Waals surface area contributed by atoms with Gasteiger partial charge in [-0.05, 0) is 29.3 Å². The zero-order valence-electron chi connectivity index (χ0n) is 14.6. The van der Waals surface area contributed by atoms with Gasteiger partial charge >= 0.3 is 6.18 Å². The number of aromatic nitrogens is 4. The number of carbonyl (C=O) groups is 1. The van der Waals surface area contributed by atoms with E-state index in [-0.39, 0.29) is 18.7 Å². The van der Waals surface area contributed by atoms with E-state index >= 15 is 0 Å². The molecule has 5 nitrogen and oxygen atoms in total. The number of rotatable bonds is 5. The maximum absolute atomic E-state index is 12.8. The minimum atomic E-state index is -4.38. The van der Waals surface area contributed by atoms with Crippen LogP contribution in [0, 0.1) is 0 Å². The quantitative estimate of drug-likeness (QED) is 0.523. The number of hydrogen-bond acceptors (Lipinski definition) is 3. The van der Waals surface area contributed by atoms with Crippen LogP contribution in [0.5, 0.6) is 0 Å². The van der Waals surface area contributed by atoms with E-state index in [4.69, 9.17) is 0 Å². The molecule has 0 spiro atoms. The van der Waals surface area contributed by atoms with Crippen molar-refractivity contribution < 1.29 is 18.0 Å². The molecule has 4 aromatic rings. The smallest absolute Gasteiger partial charge is 0.292 e. The van der Waals surface area contributed by atoms with Crippen molar-refractivity contribution >= 4 is 16.7 Å². The van der Waals surface area contributed by atoms with Crippen molar-refractivity contribution in [2.75, 3.05) is 0 Å². The van der Waals surface area contributed by atoms with Crippen molar-refractivity contribution in [3.05, 3.63) is 83.3 Å². The van der Waals surface area contributed by atoms with E-state index in [9.17, 15) is 18.0 Å². The van der Waals surface area contributed by atoms with Crippen LogP contribution in [0.4, 0.5) is 13.2 Å². The SMILES string of the molecule is O=C(Cc1cnn(Cc2cccc(C(F)(F)F)c2)c1)c1n[nH]c2ccccc12. The molecule has 1 N–H and O–H groups in total. The van der Waals surface area contributed by atoms with Crippen molar-refractivity contribution in [1.82, 2.24) is 20.0 Å². The van der Waals surface area contributed by atoms with Gasteiger partial charge in [0.25, 0.3) is 0 Å². The second-order valence-electron chi connectivity index (χ2n) is 6.46. The molecule has 2 heterocycles. The van der Waals surface area contributed by atoms with Gasteiger partial charge in [0, 0.05) is 18.0 Å². The molecule has 0 saturated carbocycles. The van der Waals surface area contributed by atoms with Crippen LogP contribution >= 0.6 is 0 Å². The molecule has 2 aromatic heterocycles. The van der Waals surface area contributed by atoms with Crippen LogP contribution in [0.1, 0.15) is 27.2 Å². The fraction of sp³-hybridized carbons (Fsp3) is 0.150. The van der Waals surface area contributed by atoms with Crippen molar-refractivity contribution in [3.8, 4) is 0 Å². The Hall–Kier alpha value is -3.42. The molecule has 0 bridgehead atoms. The molecule has 4 rings (SSSR count). The molecular weight excluding hydrogens is 369 g/mol. The van der Waals surface area contributed by atoms with E-state index in [0.717, 1.165) is 23.0 Å². The molecule has 142 valence electrons. The minimum Gasteiger partial charge on any atom is -0.292 e. The highest BCUT2D eigenvalue weighted by atomic mass is 19.4. The van der Waals surface area contributed by atoms with E-state index in [1.807, 2.05) is 24.3 Å². The third-order valence-corrected chi connectivity index (χ3v) is 4.38. The van der Waals surface area contributed by atoms with E-state index in [2.05, 4.69) is 15.3 Å². The zero-order valence-corrected chi connectivity index (χ0v) is 14.6. The minimum absolute atomic E-state index is 0.109. The molecule has 0 amide bonds. The van der Waals surface area contributed by atoms with Crippen LogP contribution in [0.15, 0.2) is 60.9 Å². The Kier molecular flexibility index (Phi) is 4.46. The summed E-state index contributed by atoms with van der Waals surface area (Å²) < 4.78 is 40.0. The van der Waals surface area contributed by atoms with Gasteiger partial charge in [-0.1, -0.05) is 30.3 Å². The Morgan fingerprint density at radius 3 is 2.71 bits per heavy atom. The summed E-state index contributed by atoms with van der Waals surface area (Å²) >= 11 is 0. The van der Waals surface area contributed by atoms with Crippen LogP contribution in [0.25, 0.3) is 10.9 Å². The lowest BCUT2D eigenvalue weighted by Crippen LogP contribution is -2.07. The lowest BCUT2D eigenvalue weighted by molar-refractivity contribution is -0.137. The number of alkyl halides is 3. The molecule has 0 atom stereocenters. The third kappa shape index (κ3) is 3.66. The Morgan fingerprint density at radius 2 is 1.89 bits per heavy atom. The number of nitrogens with one attached hydrogen (secondary N) is 1. The number of Topliss-reactive ketones (excluding diaryl/α,β-unsaturated/α-hetero) is 1. The van der Waals surface area contributed by atoms with Crippen LogP contribution in [-0.4, -0.2) is 25.8 Å². The van der Waals surface area contributed by atoms with Gasteiger partial charge in [-0.3, -0.25) is 14.6 Å². The van der Waals surface area contributed by atoms with Crippen molar-refractivity contribution in [2.45, 2.75) is 19.1 Å². The summed E-state index contributed by atoms with van der Waals surface area (Å²) in [6, 6.07) is 12.5. The molecule has 0 aliphatic heterocycles.